The predicted octanol–water partition coefficient (Wildman–Crippen LogP) is 2.17. The molecule has 0 radical (unpaired) electrons. The van der Waals surface area contributed by atoms with Crippen molar-refractivity contribution in [2.45, 2.75) is 19.4 Å². The summed E-state index contributed by atoms with van der Waals surface area (Å²) in [6, 6.07) is 10.1. The fraction of sp³-hybridized carbons (Fsp3) is 0.250. The molecule has 7 heteroatoms. The number of hydrazine groups is 1. The molecule has 138 valence electrons. The van der Waals surface area contributed by atoms with Gasteiger partial charge < -0.3 is 9.73 Å². The number of anilines is 1. The molecule has 2 heterocycles. The Bertz CT molecular complexity index is 904. The first-order valence-electron chi connectivity index (χ1n) is 8.83. The molecule has 2 N–H and O–H groups in total. The molecule has 2 atom stereocenters. The minimum Gasteiger partial charge on any atom is -0.467 e. The third-order valence-corrected chi connectivity index (χ3v) is 4.90. The second kappa shape index (κ2) is 7.11. The predicted molar refractivity (Wildman–Crippen MR) is 97.3 cm³/mol. The summed E-state index contributed by atoms with van der Waals surface area (Å²) in [7, 11) is 0. The minimum absolute atomic E-state index is 0.155. The molecule has 27 heavy (non-hydrogen) atoms. The van der Waals surface area contributed by atoms with Gasteiger partial charge in [0.2, 0.25) is 11.8 Å². The highest BCUT2D eigenvalue weighted by Gasteiger charge is 2.42. The number of amides is 3. The third kappa shape index (κ3) is 3.36. The quantitative estimate of drug-likeness (QED) is 0.813. The maximum Gasteiger partial charge on any atom is 0.251 e. The molecule has 1 fully saturated rings. The normalized spacial score (nSPS) is 21.6. The van der Waals surface area contributed by atoms with Crippen LogP contribution in [0, 0.1) is 11.8 Å². The standard InChI is InChI=1S/C20H19N3O4/c24-18(21-12-15-7-4-10-27-15)13-5-3-6-14(11-13)23-20(26)17-9-2-1-8-16(17)19(25)22-23/h1-7,10-11,16-17H,8-9,12H2,(H,21,24)(H,22,25)/t16-,17+/m0/s1. The maximum absolute atomic E-state index is 12.8. The molecule has 7 nitrogen and oxygen atoms in total. The first kappa shape index (κ1) is 17.1. The lowest BCUT2D eigenvalue weighted by Crippen LogP contribution is -2.59. The van der Waals surface area contributed by atoms with Gasteiger partial charge in [0.05, 0.1) is 30.3 Å². The SMILES string of the molecule is O=C(NCc1ccco1)c1cccc(N2NC(=O)[C@H]3CC=CC[C@H]3C2=O)c1. The van der Waals surface area contributed by atoms with Crippen LogP contribution in [0.25, 0.3) is 0 Å². The third-order valence-electron chi connectivity index (χ3n) is 4.90. The molecule has 0 unspecified atom stereocenters. The van der Waals surface area contributed by atoms with Gasteiger partial charge in [-0.25, -0.2) is 5.01 Å². The van der Waals surface area contributed by atoms with E-state index in [4.69, 9.17) is 4.42 Å². The molecule has 0 spiro atoms. The Morgan fingerprint density at radius 2 is 1.96 bits per heavy atom. The van der Waals surface area contributed by atoms with E-state index in [0.29, 0.717) is 29.9 Å². The minimum atomic E-state index is -0.361. The number of nitrogens with one attached hydrogen (secondary N) is 2. The van der Waals surface area contributed by atoms with Crippen molar-refractivity contribution in [1.82, 2.24) is 10.7 Å². The molecule has 1 aliphatic carbocycles. The van der Waals surface area contributed by atoms with E-state index >= 15 is 0 Å². The number of allylic oxidation sites excluding steroid dienone is 2. The highest BCUT2D eigenvalue weighted by molar-refractivity contribution is 6.05. The molecular weight excluding hydrogens is 346 g/mol. The summed E-state index contributed by atoms with van der Waals surface area (Å²) in [5.74, 6) is -0.649. The molecule has 4 rings (SSSR count). The molecule has 2 aliphatic rings. The number of carbonyl (C=O) groups is 3. The molecule has 2 aromatic rings. The lowest BCUT2D eigenvalue weighted by atomic mass is 9.80. The van der Waals surface area contributed by atoms with Crippen molar-refractivity contribution in [3.8, 4) is 0 Å². The number of furan rings is 1. The number of hydrogen-bond acceptors (Lipinski definition) is 4. The van der Waals surface area contributed by atoms with E-state index in [1.807, 2.05) is 12.2 Å². The van der Waals surface area contributed by atoms with Crippen molar-refractivity contribution in [2.75, 3.05) is 5.01 Å². The van der Waals surface area contributed by atoms with Crippen molar-refractivity contribution in [3.05, 3.63) is 66.1 Å². The summed E-state index contributed by atoms with van der Waals surface area (Å²) in [6.45, 7) is 0.269. The molecular formula is C20H19N3O4. The average Bonchev–Trinajstić information content (AvgIpc) is 3.23. The Morgan fingerprint density at radius 1 is 1.15 bits per heavy atom. The average molecular weight is 365 g/mol. The second-order valence-corrected chi connectivity index (χ2v) is 6.62. The van der Waals surface area contributed by atoms with Crippen LogP contribution in [0.3, 0.4) is 0 Å². The Morgan fingerprint density at radius 3 is 2.74 bits per heavy atom. The number of rotatable bonds is 4. The molecule has 1 saturated heterocycles. The summed E-state index contributed by atoms with van der Waals surface area (Å²) in [5.41, 5.74) is 3.53. The number of benzene rings is 1. The van der Waals surface area contributed by atoms with Gasteiger partial charge in [-0.15, -0.1) is 0 Å². The van der Waals surface area contributed by atoms with Gasteiger partial charge in [0.25, 0.3) is 5.91 Å². The van der Waals surface area contributed by atoms with E-state index in [-0.39, 0.29) is 36.1 Å². The van der Waals surface area contributed by atoms with Gasteiger partial charge in [-0.1, -0.05) is 18.2 Å². The zero-order chi connectivity index (χ0) is 18.8. The van der Waals surface area contributed by atoms with Gasteiger partial charge in [-0.3, -0.25) is 19.8 Å². The maximum atomic E-state index is 12.8. The van der Waals surface area contributed by atoms with Gasteiger partial charge in [0.1, 0.15) is 5.76 Å². The number of nitrogens with zero attached hydrogens (tertiary/aromatic N) is 1. The summed E-state index contributed by atoms with van der Waals surface area (Å²) in [5, 5.41) is 4.02. The Balaban J connectivity index is 1.51. The van der Waals surface area contributed by atoms with Gasteiger partial charge in [0, 0.05) is 5.56 Å². The molecule has 1 aliphatic heterocycles. The lowest BCUT2D eigenvalue weighted by molar-refractivity contribution is -0.139. The van der Waals surface area contributed by atoms with E-state index < -0.39 is 0 Å². The van der Waals surface area contributed by atoms with Crippen LogP contribution in [-0.4, -0.2) is 17.7 Å². The molecule has 1 aromatic heterocycles. The fourth-order valence-corrected chi connectivity index (χ4v) is 3.45. The molecule has 0 saturated carbocycles. The van der Waals surface area contributed by atoms with Crippen molar-refractivity contribution in [2.24, 2.45) is 11.8 Å². The van der Waals surface area contributed by atoms with Crippen LogP contribution < -0.4 is 15.8 Å². The smallest absolute Gasteiger partial charge is 0.251 e. The highest BCUT2D eigenvalue weighted by Crippen LogP contribution is 2.32. The highest BCUT2D eigenvalue weighted by atomic mass is 16.3. The van der Waals surface area contributed by atoms with Crippen LogP contribution >= 0.6 is 0 Å². The molecule has 0 bridgehead atoms. The molecule has 3 amide bonds. The van der Waals surface area contributed by atoms with Crippen molar-refractivity contribution in [1.29, 1.82) is 0 Å². The van der Waals surface area contributed by atoms with Crippen LogP contribution in [-0.2, 0) is 16.1 Å². The Labute approximate surface area is 156 Å². The van der Waals surface area contributed by atoms with Gasteiger partial charge in [-0.05, 0) is 43.2 Å². The van der Waals surface area contributed by atoms with E-state index in [2.05, 4.69) is 10.7 Å². The largest absolute Gasteiger partial charge is 0.467 e. The first-order valence-corrected chi connectivity index (χ1v) is 8.83. The Hall–Kier alpha value is -3.35. The fourth-order valence-electron chi connectivity index (χ4n) is 3.45. The number of fused-ring (bicyclic) bond motifs is 1. The summed E-state index contributed by atoms with van der Waals surface area (Å²) in [4.78, 5) is 37.6. The van der Waals surface area contributed by atoms with Crippen LogP contribution in [0.5, 0.6) is 0 Å². The first-order chi connectivity index (χ1) is 13.1. The van der Waals surface area contributed by atoms with Crippen LogP contribution in [0.1, 0.15) is 29.0 Å². The second-order valence-electron chi connectivity index (χ2n) is 6.62. The summed E-state index contributed by atoms with van der Waals surface area (Å²) >= 11 is 0. The van der Waals surface area contributed by atoms with Gasteiger partial charge in [-0.2, -0.15) is 0 Å². The lowest BCUT2D eigenvalue weighted by Gasteiger charge is -2.38. The number of hydrogen-bond donors (Lipinski definition) is 2. The number of carbonyl (C=O) groups excluding carboxylic acids is 3. The summed E-state index contributed by atoms with van der Waals surface area (Å²) < 4.78 is 5.19. The van der Waals surface area contributed by atoms with E-state index in [9.17, 15) is 14.4 Å². The molecule has 1 aromatic carbocycles. The van der Waals surface area contributed by atoms with Gasteiger partial charge in [0.15, 0.2) is 0 Å². The Kier molecular flexibility index (Phi) is 4.50. The zero-order valence-corrected chi connectivity index (χ0v) is 14.6. The monoisotopic (exact) mass is 365 g/mol. The van der Waals surface area contributed by atoms with E-state index in [1.54, 1.807) is 42.7 Å². The van der Waals surface area contributed by atoms with Crippen molar-refractivity contribution >= 4 is 23.4 Å². The van der Waals surface area contributed by atoms with Crippen molar-refractivity contribution in [3.63, 3.8) is 0 Å². The zero-order valence-electron chi connectivity index (χ0n) is 14.6. The van der Waals surface area contributed by atoms with E-state index in [0.717, 1.165) is 0 Å². The van der Waals surface area contributed by atoms with Crippen molar-refractivity contribution < 1.29 is 18.8 Å². The van der Waals surface area contributed by atoms with Gasteiger partial charge >= 0.3 is 0 Å². The van der Waals surface area contributed by atoms with Crippen LogP contribution in [0.2, 0.25) is 0 Å². The van der Waals surface area contributed by atoms with E-state index in [1.165, 1.54) is 5.01 Å². The topological polar surface area (TPSA) is 91.7 Å². The van der Waals surface area contributed by atoms with Crippen LogP contribution in [0.4, 0.5) is 5.69 Å². The summed E-state index contributed by atoms with van der Waals surface area (Å²) in [6.07, 6.45) is 6.55. The van der Waals surface area contributed by atoms with Crippen LogP contribution in [0.15, 0.2) is 59.2 Å².